The maximum atomic E-state index is 15.6. The van der Waals surface area contributed by atoms with Crippen molar-refractivity contribution in [3.8, 4) is 0 Å². The molecule has 0 radical (unpaired) electrons. The summed E-state index contributed by atoms with van der Waals surface area (Å²) < 4.78 is 16.9. The van der Waals surface area contributed by atoms with Crippen LogP contribution in [0.3, 0.4) is 0 Å². The summed E-state index contributed by atoms with van der Waals surface area (Å²) in [5, 5.41) is 3.07. The average molecular weight is 583 g/mol. The Bertz CT molecular complexity index is 1590. The highest BCUT2D eigenvalue weighted by Gasteiger charge is 2.45. The topological polar surface area (TPSA) is 89.2 Å². The first-order chi connectivity index (χ1) is 19.0. The van der Waals surface area contributed by atoms with Crippen LogP contribution in [0.25, 0.3) is 6.20 Å². The first-order valence-electron chi connectivity index (χ1n) is 12.9. The number of hydrogen-bond acceptors (Lipinski definition) is 5. The van der Waals surface area contributed by atoms with Crippen molar-refractivity contribution in [1.29, 1.82) is 0 Å². The molecule has 3 aromatic rings. The molecule has 0 bridgehead atoms. The maximum absolute atomic E-state index is 15.6. The van der Waals surface area contributed by atoms with Crippen molar-refractivity contribution in [3.63, 3.8) is 0 Å². The summed E-state index contributed by atoms with van der Waals surface area (Å²) in [6, 6.07) is 6.58. The molecule has 2 aromatic heterocycles. The molecule has 1 aliphatic carbocycles. The highest BCUT2D eigenvalue weighted by Crippen LogP contribution is 2.45. The monoisotopic (exact) mass is 581 g/mol. The molecule has 0 spiro atoms. The fraction of sp³-hybridized carbons (Fsp3) is 0.300. The molecule has 1 aromatic carbocycles. The fourth-order valence-electron chi connectivity index (χ4n) is 4.21. The summed E-state index contributed by atoms with van der Waals surface area (Å²) in [5.41, 5.74) is 1.66. The fourth-order valence-corrected chi connectivity index (χ4v) is 4.71. The van der Waals surface area contributed by atoms with Gasteiger partial charge in [-0.2, -0.15) is 0 Å². The molecule has 10 heteroatoms. The highest BCUT2D eigenvalue weighted by molar-refractivity contribution is 6.31. The third kappa shape index (κ3) is 6.57. The minimum Gasteiger partial charge on any atom is -0.323 e. The summed E-state index contributed by atoms with van der Waals surface area (Å²) in [6.07, 6.45) is 11.4. The molecule has 1 fully saturated rings. The van der Waals surface area contributed by atoms with Crippen molar-refractivity contribution in [3.05, 3.63) is 104 Å². The molecule has 1 atom stereocenters. The smallest absolute Gasteiger partial charge is 0.273 e. The van der Waals surface area contributed by atoms with Crippen LogP contribution in [-0.2, 0) is 11.2 Å². The minimum atomic E-state index is -0.608. The number of allylic oxidation sites excluding steroid dienone is 2. The molecular weight excluding hydrogens is 552 g/mol. The van der Waals surface area contributed by atoms with E-state index in [-0.39, 0.29) is 33.8 Å². The summed E-state index contributed by atoms with van der Waals surface area (Å²) in [6.45, 7) is 7.38. The number of rotatable bonds is 9. The van der Waals surface area contributed by atoms with Gasteiger partial charge in [0, 0.05) is 35.3 Å². The number of pyridine rings is 1. The van der Waals surface area contributed by atoms with Gasteiger partial charge in [-0.3, -0.25) is 24.1 Å². The van der Waals surface area contributed by atoms with Crippen molar-refractivity contribution < 1.29 is 9.18 Å². The Labute approximate surface area is 242 Å². The van der Waals surface area contributed by atoms with E-state index in [0.29, 0.717) is 28.5 Å². The first kappa shape index (κ1) is 29.4. The van der Waals surface area contributed by atoms with Crippen LogP contribution in [0.5, 0.6) is 0 Å². The van der Waals surface area contributed by atoms with Gasteiger partial charge in [0.2, 0.25) is 5.91 Å². The zero-order valence-electron chi connectivity index (χ0n) is 22.7. The first-order valence-corrected chi connectivity index (χ1v) is 13.6. The zero-order valence-corrected chi connectivity index (χ0v) is 24.2. The van der Waals surface area contributed by atoms with Gasteiger partial charge in [-0.05, 0) is 68.9 Å². The molecule has 0 saturated heterocycles. The van der Waals surface area contributed by atoms with E-state index in [2.05, 4.69) is 20.3 Å². The second-order valence-electron chi connectivity index (χ2n) is 10.2. The van der Waals surface area contributed by atoms with Crippen LogP contribution in [0.4, 0.5) is 10.1 Å². The quantitative estimate of drug-likeness (QED) is 0.276. The van der Waals surface area contributed by atoms with Gasteiger partial charge < -0.3 is 5.32 Å². The molecule has 7 nitrogen and oxygen atoms in total. The zero-order chi connectivity index (χ0) is 29.0. The van der Waals surface area contributed by atoms with Gasteiger partial charge in [-0.15, -0.1) is 0 Å². The van der Waals surface area contributed by atoms with Crippen LogP contribution in [0.1, 0.15) is 62.0 Å². The van der Waals surface area contributed by atoms with Gasteiger partial charge in [-0.25, -0.2) is 9.37 Å². The number of halogens is 3. The van der Waals surface area contributed by atoms with Crippen LogP contribution >= 0.6 is 23.2 Å². The normalized spacial score (nSPS) is 15.5. The summed E-state index contributed by atoms with van der Waals surface area (Å²) in [4.78, 5) is 38.5. The largest absolute Gasteiger partial charge is 0.323 e. The van der Waals surface area contributed by atoms with E-state index in [1.54, 1.807) is 44.3 Å². The lowest BCUT2D eigenvalue weighted by molar-refractivity contribution is -0.120. The van der Waals surface area contributed by atoms with Gasteiger partial charge in [-0.1, -0.05) is 49.2 Å². The molecule has 208 valence electrons. The molecular formula is C30H30Cl2FN5O2. The third-order valence-corrected chi connectivity index (χ3v) is 7.48. The van der Waals surface area contributed by atoms with Crippen molar-refractivity contribution in [1.82, 2.24) is 14.5 Å². The molecule has 4 rings (SSSR count). The molecule has 2 heterocycles. The molecule has 1 unspecified atom stereocenters. The van der Waals surface area contributed by atoms with Crippen molar-refractivity contribution in [2.45, 2.75) is 52.9 Å². The minimum absolute atomic E-state index is 0.0779. The van der Waals surface area contributed by atoms with Crippen molar-refractivity contribution in [2.75, 3.05) is 5.32 Å². The molecule has 0 aliphatic heterocycles. The van der Waals surface area contributed by atoms with Gasteiger partial charge in [0.25, 0.3) is 5.56 Å². The molecule has 1 amide bonds. The Morgan fingerprint density at radius 2 is 2.05 bits per heavy atom. The van der Waals surface area contributed by atoms with E-state index in [4.69, 9.17) is 23.2 Å². The Morgan fingerprint density at radius 1 is 1.30 bits per heavy atom. The summed E-state index contributed by atoms with van der Waals surface area (Å²) >= 11 is 12.5. The van der Waals surface area contributed by atoms with Crippen molar-refractivity contribution >= 4 is 46.7 Å². The van der Waals surface area contributed by atoms with Gasteiger partial charge in [0.05, 0.1) is 23.3 Å². The average Bonchev–Trinajstić information content (AvgIpc) is 3.67. The SMILES string of the molecule is C/C=C/N=C(/C=C/n1c(C)cc(C(C)Cc2cncc(Cl)n2)c(Cl)c1=O)c1cccc(NC(=O)C2(C)CC2)c1F. The lowest BCUT2D eigenvalue weighted by atomic mass is 9.96. The summed E-state index contributed by atoms with van der Waals surface area (Å²) in [5.74, 6) is -0.940. The number of benzene rings is 1. The molecule has 40 heavy (non-hydrogen) atoms. The van der Waals surface area contributed by atoms with E-state index < -0.39 is 16.8 Å². The Hall–Kier alpha value is -3.62. The van der Waals surface area contributed by atoms with E-state index in [1.165, 1.54) is 29.2 Å². The Balaban J connectivity index is 1.64. The molecule has 1 N–H and O–H groups in total. The van der Waals surface area contributed by atoms with Crippen LogP contribution in [0.2, 0.25) is 10.2 Å². The van der Waals surface area contributed by atoms with Crippen LogP contribution in [0, 0.1) is 18.2 Å². The van der Waals surface area contributed by atoms with E-state index >= 15 is 4.39 Å². The third-order valence-electron chi connectivity index (χ3n) is 6.92. The van der Waals surface area contributed by atoms with E-state index in [9.17, 15) is 9.59 Å². The number of aliphatic imine (C=N–C) groups is 1. The van der Waals surface area contributed by atoms with Gasteiger partial charge in [0.15, 0.2) is 5.82 Å². The standard InChI is InChI=1S/C30H30Cl2FN5O2/c1-5-12-35-23(21-7-6-8-24(27(21)33)37-29(40)30(4)10-11-30)9-13-38-19(3)15-22(26(32)28(38)39)18(2)14-20-16-34-17-25(31)36-20/h5-9,12-13,15-18H,10-11,14H2,1-4H3,(H,37,40)/b12-5+,13-9+,35-23-. The number of carbonyl (C=O) groups is 1. The van der Waals surface area contributed by atoms with E-state index in [1.807, 2.05) is 19.9 Å². The van der Waals surface area contributed by atoms with Crippen molar-refractivity contribution in [2.24, 2.45) is 10.4 Å². The number of carbonyl (C=O) groups excluding carboxylic acids is 1. The number of amides is 1. The van der Waals surface area contributed by atoms with Crippen LogP contribution in [0.15, 0.2) is 64.8 Å². The lowest BCUT2D eigenvalue weighted by Crippen LogP contribution is -2.22. The number of hydrogen-bond donors (Lipinski definition) is 1. The second kappa shape index (κ2) is 12.3. The summed E-state index contributed by atoms with van der Waals surface area (Å²) in [7, 11) is 0. The number of nitrogens with zero attached hydrogens (tertiary/aromatic N) is 4. The van der Waals surface area contributed by atoms with Gasteiger partial charge in [0.1, 0.15) is 10.2 Å². The van der Waals surface area contributed by atoms with E-state index in [0.717, 1.165) is 12.8 Å². The number of nitrogens with one attached hydrogen (secondary N) is 1. The van der Waals surface area contributed by atoms with Gasteiger partial charge >= 0.3 is 0 Å². The molecule has 1 aliphatic rings. The number of aromatic nitrogens is 3. The maximum Gasteiger partial charge on any atom is 0.273 e. The Kier molecular flexibility index (Phi) is 9.01. The number of anilines is 1. The van der Waals surface area contributed by atoms with Crippen LogP contribution < -0.4 is 10.9 Å². The highest BCUT2D eigenvalue weighted by atomic mass is 35.5. The Morgan fingerprint density at radius 3 is 2.73 bits per heavy atom. The second-order valence-corrected chi connectivity index (χ2v) is 10.9. The number of aryl methyl sites for hydroxylation is 1. The van der Waals surface area contributed by atoms with Crippen LogP contribution in [-0.4, -0.2) is 26.2 Å². The lowest BCUT2D eigenvalue weighted by Gasteiger charge is -2.16. The predicted molar refractivity (Wildman–Crippen MR) is 159 cm³/mol. The predicted octanol–water partition coefficient (Wildman–Crippen LogP) is 6.97. The molecule has 1 saturated carbocycles.